The summed E-state index contributed by atoms with van der Waals surface area (Å²) >= 11 is 5.98. The fourth-order valence-corrected chi connectivity index (χ4v) is 3.14. The van der Waals surface area contributed by atoms with Gasteiger partial charge < -0.3 is 10.6 Å². The molecule has 3 atom stereocenters. The maximum absolute atomic E-state index is 12.4. The molecule has 1 aliphatic carbocycles. The van der Waals surface area contributed by atoms with Gasteiger partial charge in [0, 0.05) is 23.9 Å². The molecule has 0 radical (unpaired) electrons. The number of hydrogen-bond donors (Lipinski definition) is 2. The molecule has 26 heavy (non-hydrogen) atoms. The van der Waals surface area contributed by atoms with E-state index in [-0.39, 0.29) is 30.2 Å². The first-order valence-corrected chi connectivity index (χ1v) is 9.30. The van der Waals surface area contributed by atoms with Crippen molar-refractivity contribution in [2.75, 3.05) is 6.54 Å². The number of benzene rings is 2. The van der Waals surface area contributed by atoms with Crippen molar-refractivity contribution in [2.45, 2.75) is 25.8 Å². The molecule has 2 N–H and O–H groups in total. The van der Waals surface area contributed by atoms with Gasteiger partial charge in [0.15, 0.2) is 0 Å². The van der Waals surface area contributed by atoms with E-state index in [1.165, 1.54) is 0 Å². The fraction of sp³-hybridized carbons (Fsp3) is 0.333. The molecule has 4 nitrogen and oxygen atoms in total. The topological polar surface area (TPSA) is 58.2 Å². The molecule has 0 bridgehead atoms. The third kappa shape index (κ3) is 4.85. The third-order valence-electron chi connectivity index (χ3n) is 4.74. The van der Waals surface area contributed by atoms with Crippen LogP contribution in [0.3, 0.4) is 0 Å². The first-order chi connectivity index (χ1) is 12.5. The van der Waals surface area contributed by atoms with Crippen molar-refractivity contribution < 1.29 is 9.59 Å². The van der Waals surface area contributed by atoms with Crippen LogP contribution < -0.4 is 10.6 Å². The molecule has 0 spiro atoms. The van der Waals surface area contributed by atoms with E-state index in [9.17, 15) is 9.59 Å². The van der Waals surface area contributed by atoms with Gasteiger partial charge in [-0.05, 0) is 35.6 Å². The molecule has 136 valence electrons. The van der Waals surface area contributed by atoms with Crippen LogP contribution in [0.2, 0.25) is 5.02 Å². The maximum atomic E-state index is 12.4. The molecule has 2 amide bonds. The Hall–Kier alpha value is -2.33. The van der Waals surface area contributed by atoms with Crippen LogP contribution in [0.4, 0.5) is 0 Å². The van der Waals surface area contributed by atoms with Gasteiger partial charge in [0.05, 0.1) is 6.04 Å². The van der Waals surface area contributed by atoms with Gasteiger partial charge in [-0.3, -0.25) is 9.59 Å². The normalized spacial score (nSPS) is 19.5. The van der Waals surface area contributed by atoms with Gasteiger partial charge in [-0.15, -0.1) is 0 Å². The molecular weight excluding hydrogens is 348 g/mol. The van der Waals surface area contributed by atoms with Gasteiger partial charge in [-0.25, -0.2) is 0 Å². The summed E-state index contributed by atoms with van der Waals surface area (Å²) in [5, 5.41) is 6.57. The Labute approximate surface area is 158 Å². The SMILES string of the molecule is CC1CC1C(=O)NCCC(=O)NC(c1ccccc1)c1ccc(Cl)cc1. The summed E-state index contributed by atoms with van der Waals surface area (Å²) in [6.07, 6.45) is 1.20. The van der Waals surface area contributed by atoms with Gasteiger partial charge in [0.2, 0.25) is 11.8 Å². The molecule has 2 aromatic carbocycles. The lowest BCUT2D eigenvalue weighted by Gasteiger charge is -2.20. The second kappa shape index (κ2) is 8.37. The number of carbonyl (C=O) groups excluding carboxylic acids is 2. The Kier molecular flexibility index (Phi) is 5.94. The summed E-state index contributed by atoms with van der Waals surface area (Å²) in [6.45, 7) is 2.42. The zero-order valence-electron chi connectivity index (χ0n) is 14.7. The number of amides is 2. The van der Waals surface area contributed by atoms with E-state index in [0.29, 0.717) is 17.5 Å². The minimum atomic E-state index is -0.250. The maximum Gasteiger partial charge on any atom is 0.223 e. The van der Waals surface area contributed by atoms with Crippen molar-refractivity contribution >= 4 is 23.4 Å². The smallest absolute Gasteiger partial charge is 0.223 e. The highest BCUT2D eigenvalue weighted by Crippen LogP contribution is 2.37. The highest BCUT2D eigenvalue weighted by molar-refractivity contribution is 6.30. The summed E-state index contributed by atoms with van der Waals surface area (Å²) in [7, 11) is 0. The second-order valence-electron chi connectivity index (χ2n) is 6.82. The van der Waals surface area contributed by atoms with Crippen LogP contribution in [-0.4, -0.2) is 18.4 Å². The second-order valence-corrected chi connectivity index (χ2v) is 7.26. The zero-order valence-corrected chi connectivity index (χ0v) is 15.5. The van der Waals surface area contributed by atoms with Crippen molar-refractivity contribution in [3.05, 3.63) is 70.7 Å². The lowest BCUT2D eigenvalue weighted by atomic mass is 9.98. The summed E-state index contributed by atoms with van der Waals surface area (Å²) in [4.78, 5) is 24.2. The molecule has 3 unspecified atom stereocenters. The van der Waals surface area contributed by atoms with Crippen LogP contribution >= 0.6 is 11.6 Å². The van der Waals surface area contributed by atoms with E-state index < -0.39 is 0 Å². The van der Waals surface area contributed by atoms with Crippen molar-refractivity contribution in [2.24, 2.45) is 11.8 Å². The molecule has 5 heteroatoms. The van der Waals surface area contributed by atoms with E-state index >= 15 is 0 Å². The molecule has 0 heterocycles. The number of halogens is 1. The first-order valence-electron chi connectivity index (χ1n) is 8.92. The van der Waals surface area contributed by atoms with Gasteiger partial charge in [-0.1, -0.05) is 61.0 Å². The Morgan fingerprint density at radius 1 is 1.08 bits per heavy atom. The quantitative estimate of drug-likeness (QED) is 0.780. The Bertz CT molecular complexity index is 761. The lowest BCUT2D eigenvalue weighted by molar-refractivity contribution is -0.123. The average molecular weight is 371 g/mol. The number of rotatable bonds is 7. The minimum Gasteiger partial charge on any atom is -0.355 e. The van der Waals surface area contributed by atoms with E-state index in [1.807, 2.05) is 54.6 Å². The van der Waals surface area contributed by atoms with Gasteiger partial charge in [0.1, 0.15) is 0 Å². The van der Waals surface area contributed by atoms with Crippen molar-refractivity contribution in [1.29, 1.82) is 0 Å². The molecule has 1 saturated carbocycles. The highest BCUT2D eigenvalue weighted by Gasteiger charge is 2.38. The van der Waals surface area contributed by atoms with E-state index in [4.69, 9.17) is 11.6 Å². The van der Waals surface area contributed by atoms with Crippen LogP contribution in [0.25, 0.3) is 0 Å². The van der Waals surface area contributed by atoms with Gasteiger partial charge >= 0.3 is 0 Å². The lowest BCUT2D eigenvalue weighted by Crippen LogP contribution is -2.34. The first kappa shape index (κ1) is 18.5. The molecule has 2 aromatic rings. The Morgan fingerprint density at radius 2 is 1.69 bits per heavy atom. The Balaban J connectivity index is 1.61. The van der Waals surface area contributed by atoms with Crippen molar-refractivity contribution in [3.8, 4) is 0 Å². The van der Waals surface area contributed by atoms with Gasteiger partial charge in [0.25, 0.3) is 0 Å². The third-order valence-corrected chi connectivity index (χ3v) is 4.99. The molecule has 0 saturated heterocycles. The molecule has 1 aliphatic rings. The molecule has 3 rings (SSSR count). The van der Waals surface area contributed by atoms with Crippen molar-refractivity contribution in [3.63, 3.8) is 0 Å². The predicted octanol–water partition coefficient (Wildman–Crippen LogP) is 3.71. The van der Waals surface area contributed by atoms with Gasteiger partial charge in [-0.2, -0.15) is 0 Å². The fourth-order valence-electron chi connectivity index (χ4n) is 3.01. The summed E-state index contributed by atoms with van der Waals surface area (Å²) in [5.74, 6) is 0.556. The summed E-state index contributed by atoms with van der Waals surface area (Å²) in [6, 6.07) is 17.0. The average Bonchev–Trinajstić information content (AvgIpc) is 3.38. The van der Waals surface area contributed by atoms with E-state index in [2.05, 4.69) is 17.6 Å². The molecule has 1 fully saturated rings. The molecule has 0 aromatic heterocycles. The standard InChI is InChI=1S/C21H23ClN2O2/c1-14-13-18(14)21(26)23-12-11-19(25)24-20(15-5-3-2-4-6-15)16-7-9-17(22)10-8-16/h2-10,14,18,20H,11-13H2,1H3,(H,23,26)(H,24,25). The highest BCUT2D eigenvalue weighted by atomic mass is 35.5. The largest absolute Gasteiger partial charge is 0.355 e. The number of nitrogens with one attached hydrogen (secondary N) is 2. The van der Waals surface area contributed by atoms with E-state index in [1.54, 1.807) is 0 Å². The van der Waals surface area contributed by atoms with Crippen molar-refractivity contribution in [1.82, 2.24) is 10.6 Å². The predicted molar refractivity (Wildman–Crippen MR) is 103 cm³/mol. The number of hydrogen-bond acceptors (Lipinski definition) is 2. The van der Waals surface area contributed by atoms with Crippen LogP contribution in [0.1, 0.15) is 36.9 Å². The van der Waals surface area contributed by atoms with Crippen LogP contribution in [0, 0.1) is 11.8 Å². The zero-order chi connectivity index (χ0) is 18.5. The summed E-state index contributed by atoms with van der Waals surface area (Å²) < 4.78 is 0. The van der Waals surface area contributed by atoms with Crippen LogP contribution in [0.15, 0.2) is 54.6 Å². The monoisotopic (exact) mass is 370 g/mol. The van der Waals surface area contributed by atoms with Crippen LogP contribution in [-0.2, 0) is 9.59 Å². The van der Waals surface area contributed by atoms with E-state index in [0.717, 1.165) is 17.5 Å². The molecular formula is C21H23ClN2O2. The summed E-state index contributed by atoms with van der Waals surface area (Å²) in [5.41, 5.74) is 1.96. The van der Waals surface area contributed by atoms with Crippen LogP contribution in [0.5, 0.6) is 0 Å². The molecule has 0 aliphatic heterocycles. The Morgan fingerprint density at radius 3 is 2.31 bits per heavy atom. The number of carbonyl (C=O) groups is 2. The minimum absolute atomic E-state index is 0.0580.